The molecule has 0 atom stereocenters. The molecule has 0 spiro atoms. The van der Waals surface area contributed by atoms with Gasteiger partial charge in [-0.2, -0.15) is 0 Å². The maximum absolute atomic E-state index is 13.2. The summed E-state index contributed by atoms with van der Waals surface area (Å²) in [6, 6.07) is 4.89. The normalized spacial score (nSPS) is 10.9. The highest BCUT2D eigenvalue weighted by molar-refractivity contribution is 5.26. The summed E-state index contributed by atoms with van der Waals surface area (Å²) in [5.41, 5.74) is 3.11. The van der Waals surface area contributed by atoms with E-state index in [2.05, 4.69) is 17.2 Å². The Morgan fingerprint density at radius 3 is 3.00 bits per heavy atom. The van der Waals surface area contributed by atoms with Gasteiger partial charge >= 0.3 is 0 Å². The number of nitrogens with zero attached hydrogens (tertiary/aromatic N) is 2. The standard InChI is InChI=1S/C15H20FN3/c1-3-6-17-8-15-10-19(11-18-15)9-13-7-14(16)5-4-12(13)2/h4-5,7,10-11,17H,3,6,8-9H2,1-2H3. The SMILES string of the molecule is CCCNCc1cn(Cc2cc(F)ccc2C)cn1. The number of imidazole rings is 1. The highest BCUT2D eigenvalue weighted by Gasteiger charge is 2.03. The first kappa shape index (κ1) is 13.7. The predicted octanol–water partition coefficient (Wildman–Crippen LogP) is 2.88. The summed E-state index contributed by atoms with van der Waals surface area (Å²) in [5, 5.41) is 3.31. The number of hydrogen-bond donors (Lipinski definition) is 1. The van der Waals surface area contributed by atoms with E-state index in [0.717, 1.165) is 36.3 Å². The second kappa shape index (κ2) is 6.48. The third kappa shape index (κ3) is 3.89. The average molecular weight is 261 g/mol. The van der Waals surface area contributed by atoms with Crippen LogP contribution in [0.3, 0.4) is 0 Å². The summed E-state index contributed by atoms with van der Waals surface area (Å²) in [4.78, 5) is 4.34. The number of nitrogens with one attached hydrogen (secondary N) is 1. The molecule has 0 aliphatic rings. The molecule has 0 amide bonds. The Bertz CT molecular complexity index is 534. The van der Waals surface area contributed by atoms with Gasteiger partial charge in [0.05, 0.1) is 12.0 Å². The molecule has 0 unspecified atom stereocenters. The van der Waals surface area contributed by atoms with Crippen LogP contribution in [0, 0.1) is 12.7 Å². The fourth-order valence-electron chi connectivity index (χ4n) is 1.98. The van der Waals surface area contributed by atoms with Crippen LogP contribution in [0.1, 0.15) is 30.2 Å². The van der Waals surface area contributed by atoms with E-state index in [9.17, 15) is 4.39 Å². The minimum atomic E-state index is -0.189. The molecule has 1 heterocycles. The van der Waals surface area contributed by atoms with E-state index >= 15 is 0 Å². The van der Waals surface area contributed by atoms with E-state index in [0.29, 0.717) is 6.54 Å². The average Bonchev–Trinajstić information content (AvgIpc) is 2.82. The van der Waals surface area contributed by atoms with Crippen LogP contribution in [0.4, 0.5) is 4.39 Å². The van der Waals surface area contributed by atoms with Gasteiger partial charge in [0, 0.05) is 19.3 Å². The molecule has 0 fully saturated rings. The van der Waals surface area contributed by atoms with Gasteiger partial charge in [-0.05, 0) is 43.1 Å². The van der Waals surface area contributed by atoms with Crippen molar-refractivity contribution in [1.82, 2.24) is 14.9 Å². The molecule has 0 bridgehead atoms. The molecule has 3 nitrogen and oxygen atoms in total. The Labute approximate surface area is 113 Å². The molecule has 19 heavy (non-hydrogen) atoms. The maximum atomic E-state index is 13.2. The van der Waals surface area contributed by atoms with Crippen molar-refractivity contribution in [3.05, 3.63) is 53.4 Å². The molecule has 0 saturated heterocycles. The minimum absolute atomic E-state index is 0.189. The van der Waals surface area contributed by atoms with Gasteiger partial charge in [-0.3, -0.25) is 0 Å². The van der Waals surface area contributed by atoms with Gasteiger partial charge in [0.2, 0.25) is 0 Å². The lowest BCUT2D eigenvalue weighted by Crippen LogP contribution is -2.13. The maximum Gasteiger partial charge on any atom is 0.123 e. The van der Waals surface area contributed by atoms with Crippen LogP contribution in [0.25, 0.3) is 0 Å². The summed E-state index contributed by atoms with van der Waals surface area (Å²) in [5.74, 6) is -0.189. The molecular weight excluding hydrogens is 241 g/mol. The molecule has 1 aromatic heterocycles. The van der Waals surface area contributed by atoms with Crippen molar-refractivity contribution in [2.45, 2.75) is 33.4 Å². The first-order valence-electron chi connectivity index (χ1n) is 6.65. The van der Waals surface area contributed by atoms with Gasteiger partial charge in [0.25, 0.3) is 0 Å². The van der Waals surface area contributed by atoms with Crippen LogP contribution in [-0.4, -0.2) is 16.1 Å². The van der Waals surface area contributed by atoms with Gasteiger partial charge in [-0.1, -0.05) is 13.0 Å². The topological polar surface area (TPSA) is 29.9 Å². The number of hydrogen-bond acceptors (Lipinski definition) is 2. The minimum Gasteiger partial charge on any atom is -0.333 e. The highest BCUT2D eigenvalue weighted by Crippen LogP contribution is 2.12. The largest absolute Gasteiger partial charge is 0.333 e. The zero-order chi connectivity index (χ0) is 13.7. The van der Waals surface area contributed by atoms with Gasteiger partial charge in [0.1, 0.15) is 5.82 Å². The molecule has 2 rings (SSSR count). The Morgan fingerprint density at radius 2 is 2.21 bits per heavy atom. The van der Waals surface area contributed by atoms with Crippen LogP contribution >= 0.6 is 0 Å². The fourth-order valence-corrected chi connectivity index (χ4v) is 1.98. The Kier molecular flexibility index (Phi) is 4.68. The van der Waals surface area contributed by atoms with Gasteiger partial charge in [-0.25, -0.2) is 9.37 Å². The number of aryl methyl sites for hydroxylation is 1. The molecule has 1 aromatic carbocycles. The van der Waals surface area contributed by atoms with Crippen molar-refractivity contribution in [2.75, 3.05) is 6.54 Å². The van der Waals surface area contributed by atoms with Gasteiger partial charge < -0.3 is 9.88 Å². The van der Waals surface area contributed by atoms with E-state index in [1.54, 1.807) is 12.4 Å². The smallest absolute Gasteiger partial charge is 0.123 e. The van der Waals surface area contributed by atoms with Crippen LogP contribution in [-0.2, 0) is 13.1 Å². The Hall–Kier alpha value is -1.68. The van der Waals surface area contributed by atoms with Crippen molar-refractivity contribution in [2.24, 2.45) is 0 Å². The second-order valence-corrected chi connectivity index (χ2v) is 4.78. The van der Waals surface area contributed by atoms with Crippen LogP contribution in [0.15, 0.2) is 30.7 Å². The van der Waals surface area contributed by atoms with Crippen molar-refractivity contribution in [3.8, 4) is 0 Å². The first-order chi connectivity index (χ1) is 9.19. The number of benzene rings is 1. The second-order valence-electron chi connectivity index (χ2n) is 4.78. The molecular formula is C15H20FN3. The number of halogens is 1. The van der Waals surface area contributed by atoms with Gasteiger partial charge in [-0.15, -0.1) is 0 Å². The molecule has 0 aliphatic heterocycles. The Balaban J connectivity index is 2.01. The molecule has 2 aromatic rings. The quantitative estimate of drug-likeness (QED) is 0.810. The lowest BCUT2D eigenvalue weighted by Gasteiger charge is -2.06. The van der Waals surface area contributed by atoms with Crippen LogP contribution < -0.4 is 5.32 Å². The van der Waals surface area contributed by atoms with E-state index in [1.165, 1.54) is 6.07 Å². The van der Waals surface area contributed by atoms with E-state index < -0.39 is 0 Å². The summed E-state index contributed by atoms with van der Waals surface area (Å²) in [7, 11) is 0. The third-order valence-electron chi connectivity index (χ3n) is 3.08. The van der Waals surface area contributed by atoms with E-state index in [1.807, 2.05) is 23.8 Å². The van der Waals surface area contributed by atoms with Gasteiger partial charge in [0.15, 0.2) is 0 Å². The summed E-state index contributed by atoms with van der Waals surface area (Å²) in [6.45, 7) is 6.57. The molecule has 0 aliphatic carbocycles. The number of aromatic nitrogens is 2. The van der Waals surface area contributed by atoms with E-state index in [4.69, 9.17) is 0 Å². The van der Waals surface area contributed by atoms with Crippen molar-refractivity contribution in [1.29, 1.82) is 0 Å². The lowest BCUT2D eigenvalue weighted by atomic mass is 10.1. The zero-order valence-corrected chi connectivity index (χ0v) is 11.5. The fraction of sp³-hybridized carbons (Fsp3) is 0.400. The molecule has 4 heteroatoms. The zero-order valence-electron chi connectivity index (χ0n) is 11.5. The first-order valence-corrected chi connectivity index (χ1v) is 6.65. The summed E-state index contributed by atoms with van der Waals surface area (Å²) >= 11 is 0. The summed E-state index contributed by atoms with van der Waals surface area (Å²) < 4.78 is 15.2. The molecule has 102 valence electrons. The molecule has 0 saturated carbocycles. The van der Waals surface area contributed by atoms with Crippen molar-refractivity contribution in [3.63, 3.8) is 0 Å². The van der Waals surface area contributed by atoms with Crippen LogP contribution in [0.5, 0.6) is 0 Å². The van der Waals surface area contributed by atoms with Crippen molar-refractivity contribution >= 4 is 0 Å². The third-order valence-corrected chi connectivity index (χ3v) is 3.08. The highest BCUT2D eigenvalue weighted by atomic mass is 19.1. The summed E-state index contributed by atoms with van der Waals surface area (Å²) in [6.07, 6.45) is 4.92. The molecule has 0 radical (unpaired) electrons. The monoisotopic (exact) mass is 261 g/mol. The van der Waals surface area contributed by atoms with E-state index in [-0.39, 0.29) is 5.82 Å². The van der Waals surface area contributed by atoms with Crippen molar-refractivity contribution < 1.29 is 4.39 Å². The lowest BCUT2D eigenvalue weighted by molar-refractivity contribution is 0.622. The van der Waals surface area contributed by atoms with Crippen LogP contribution in [0.2, 0.25) is 0 Å². The predicted molar refractivity (Wildman–Crippen MR) is 74.5 cm³/mol. The Morgan fingerprint density at radius 1 is 1.37 bits per heavy atom. The number of rotatable bonds is 6. The molecule has 1 N–H and O–H groups in total.